The normalized spacial score (nSPS) is 15.1. The average molecular weight is 662 g/mol. The number of phenolic OH excluding ortho intramolecular Hbond substituents is 4. The van der Waals surface area contributed by atoms with Crippen LogP contribution in [0.15, 0.2) is 24.3 Å². The van der Waals surface area contributed by atoms with E-state index in [0.29, 0.717) is 13.1 Å². The highest BCUT2D eigenvalue weighted by Crippen LogP contribution is 2.37. The summed E-state index contributed by atoms with van der Waals surface area (Å²) in [6.07, 6.45) is 7.40. The molecule has 4 rings (SSSR count). The standard InChI is InChI=1S/C15H20N2O5.C13H16N2O5.2ClH/c18-13(5-8-16-6-3-1-2-4-7-16)11-9-12(17(21)22)15(20)14(19)10-11;16-11(3-6-14-4-1-2-5-14)9-7-10(15(19)20)13(18)12(17)8-9;;/h9-10,19-20H,1-8H2;7-8,17-18H,1-6H2;2*1H. The molecule has 0 atom stereocenters. The monoisotopic (exact) mass is 660 g/mol. The SMILES string of the molecule is Cl.Cl.O=C(CCN1CCCC1)c1cc(O)c(O)c([N+](=O)[O-])c1.O=C(CCN1CCCCCC1)c1cc(O)c(O)c([N+](=O)[O-])c1. The highest BCUT2D eigenvalue weighted by molar-refractivity contribution is 5.98. The molecular formula is C28H38Cl2N4O10. The number of benzene rings is 2. The Morgan fingerprint density at radius 2 is 0.932 bits per heavy atom. The molecule has 0 radical (unpaired) electrons. The van der Waals surface area contributed by atoms with Gasteiger partial charge in [-0.2, -0.15) is 0 Å². The fourth-order valence-corrected chi connectivity index (χ4v) is 4.98. The summed E-state index contributed by atoms with van der Waals surface area (Å²) in [7, 11) is 0. The molecule has 2 saturated heterocycles. The molecule has 0 unspecified atom stereocenters. The van der Waals surface area contributed by atoms with Crippen molar-refractivity contribution < 1.29 is 39.9 Å². The van der Waals surface area contributed by atoms with Gasteiger partial charge in [-0.3, -0.25) is 29.8 Å². The smallest absolute Gasteiger partial charge is 0.315 e. The summed E-state index contributed by atoms with van der Waals surface area (Å²) in [5, 5.41) is 59.3. The topological polar surface area (TPSA) is 208 Å². The average Bonchev–Trinajstić information content (AvgIpc) is 3.34. The lowest BCUT2D eigenvalue weighted by Gasteiger charge is -2.19. The molecule has 244 valence electrons. The van der Waals surface area contributed by atoms with E-state index in [1.807, 2.05) is 0 Å². The van der Waals surface area contributed by atoms with E-state index < -0.39 is 44.2 Å². The van der Waals surface area contributed by atoms with Gasteiger partial charge < -0.3 is 30.2 Å². The second-order valence-electron chi connectivity index (χ2n) is 10.4. The van der Waals surface area contributed by atoms with Crippen molar-refractivity contribution in [3.63, 3.8) is 0 Å². The van der Waals surface area contributed by atoms with E-state index in [0.717, 1.165) is 76.1 Å². The van der Waals surface area contributed by atoms with E-state index in [1.54, 1.807) is 0 Å². The molecule has 2 aliphatic rings. The number of hydrogen-bond donors (Lipinski definition) is 4. The van der Waals surface area contributed by atoms with Crippen molar-refractivity contribution in [2.45, 2.75) is 51.4 Å². The molecule has 0 saturated carbocycles. The number of hydrogen-bond acceptors (Lipinski definition) is 12. The molecule has 2 aliphatic heterocycles. The number of nitro groups is 2. The van der Waals surface area contributed by atoms with Gasteiger partial charge in [0.2, 0.25) is 11.5 Å². The van der Waals surface area contributed by atoms with E-state index in [9.17, 15) is 50.2 Å². The van der Waals surface area contributed by atoms with E-state index in [4.69, 9.17) is 0 Å². The van der Waals surface area contributed by atoms with Gasteiger partial charge in [0.15, 0.2) is 23.1 Å². The number of rotatable bonds is 10. The van der Waals surface area contributed by atoms with E-state index in [-0.39, 0.29) is 60.3 Å². The minimum atomic E-state index is -0.827. The van der Waals surface area contributed by atoms with Gasteiger partial charge in [-0.15, -0.1) is 24.8 Å². The van der Waals surface area contributed by atoms with Crippen LogP contribution in [-0.4, -0.2) is 90.9 Å². The van der Waals surface area contributed by atoms with Crippen LogP contribution in [0.5, 0.6) is 23.0 Å². The second-order valence-corrected chi connectivity index (χ2v) is 10.4. The lowest BCUT2D eigenvalue weighted by Crippen LogP contribution is -2.27. The van der Waals surface area contributed by atoms with Crippen LogP contribution in [0.4, 0.5) is 11.4 Å². The summed E-state index contributed by atoms with van der Waals surface area (Å²) in [4.78, 5) is 48.4. The molecule has 0 bridgehead atoms. The fourth-order valence-electron chi connectivity index (χ4n) is 4.98. The number of Topliss-reactive ketones (excluding diaryl/α,β-unsaturated/α-hetero) is 2. The molecule has 0 spiro atoms. The van der Waals surface area contributed by atoms with Crippen molar-refractivity contribution in [3.8, 4) is 23.0 Å². The molecular weight excluding hydrogens is 623 g/mol. The minimum Gasteiger partial charge on any atom is -0.504 e. The Labute approximate surface area is 266 Å². The van der Waals surface area contributed by atoms with Crippen molar-refractivity contribution in [1.29, 1.82) is 0 Å². The van der Waals surface area contributed by atoms with Gasteiger partial charge in [-0.25, -0.2) is 0 Å². The summed E-state index contributed by atoms with van der Waals surface area (Å²) in [6, 6.07) is 4.16. The Hall–Kier alpha value is -3.72. The number of nitrogens with zero attached hydrogens (tertiary/aromatic N) is 4. The molecule has 0 amide bonds. The largest absolute Gasteiger partial charge is 0.504 e. The first-order valence-corrected chi connectivity index (χ1v) is 13.9. The van der Waals surface area contributed by atoms with Crippen molar-refractivity contribution in [2.75, 3.05) is 39.3 Å². The number of carbonyl (C=O) groups excluding carboxylic acids is 2. The van der Waals surface area contributed by atoms with E-state index in [2.05, 4.69) is 9.80 Å². The maximum Gasteiger partial charge on any atom is 0.315 e. The molecule has 0 aliphatic carbocycles. The first kappa shape index (κ1) is 38.3. The van der Waals surface area contributed by atoms with Gasteiger partial charge in [-0.05, 0) is 64.0 Å². The Kier molecular flexibility index (Phi) is 15.8. The van der Waals surface area contributed by atoms with Gasteiger partial charge in [0.05, 0.1) is 9.85 Å². The van der Waals surface area contributed by atoms with Gasteiger partial charge in [-0.1, -0.05) is 12.8 Å². The maximum absolute atomic E-state index is 12.2. The van der Waals surface area contributed by atoms with Crippen LogP contribution in [-0.2, 0) is 0 Å². The molecule has 2 aromatic carbocycles. The van der Waals surface area contributed by atoms with Gasteiger partial charge in [0.25, 0.3) is 0 Å². The molecule has 2 fully saturated rings. The Morgan fingerprint density at radius 1 is 0.614 bits per heavy atom. The number of halogens is 2. The molecule has 2 heterocycles. The van der Waals surface area contributed by atoms with Crippen molar-refractivity contribution >= 4 is 47.8 Å². The summed E-state index contributed by atoms with van der Waals surface area (Å²) in [6.45, 7) is 5.08. The van der Waals surface area contributed by atoms with Crippen LogP contribution in [0, 0.1) is 20.2 Å². The van der Waals surface area contributed by atoms with Crippen molar-refractivity contribution in [1.82, 2.24) is 9.80 Å². The molecule has 4 N–H and O–H groups in total. The number of likely N-dealkylation sites (tertiary alicyclic amines) is 2. The van der Waals surface area contributed by atoms with Gasteiger partial charge in [0.1, 0.15) is 0 Å². The zero-order valence-electron chi connectivity index (χ0n) is 24.1. The molecule has 16 heteroatoms. The third-order valence-electron chi connectivity index (χ3n) is 7.38. The van der Waals surface area contributed by atoms with Gasteiger partial charge >= 0.3 is 11.4 Å². The summed E-state index contributed by atoms with van der Waals surface area (Å²) in [5.74, 6) is -3.48. The van der Waals surface area contributed by atoms with Crippen LogP contribution in [0.1, 0.15) is 72.1 Å². The first-order valence-electron chi connectivity index (χ1n) is 13.9. The number of nitro benzene ring substituents is 2. The molecule has 14 nitrogen and oxygen atoms in total. The summed E-state index contributed by atoms with van der Waals surface area (Å²) >= 11 is 0. The van der Waals surface area contributed by atoms with Crippen molar-refractivity contribution in [3.05, 3.63) is 55.6 Å². The predicted octanol–water partition coefficient (Wildman–Crippen LogP) is 4.97. The Balaban J connectivity index is 0.000000422. The zero-order valence-corrected chi connectivity index (χ0v) is 25.7. The van der Waals surface area contributed by atoms with E-state index in [1.165, 1.54) is 12.8 Å². The third-order valence-corrected chi connectivity index (χ3v) is 7.38. The molecule has 2 aromatic rings. The molecule has 0 aromatic heterocycles. The number of carbonyl (C=O) groups is 2. The van der Waals surface area contributed by atoms with Crippen LogP contribution < -0.4 is 0 Å². The zero-order chi connectivity index (χ0) is 30.8. The first-order chi connectivity index (χ1) is 20.0. The summed E-state index contributed by atoms with van der Waals surface area (Å²) < 4.78 is 0. The highest BCUT2D eigenvalue weighted by atomic mass is 35.5. The maximum atomic E-state index is 12.2. The Bertz CT molecular complexity index is 1310. The summed E-state index contributed by atoms with van der Waals surface area (Å²) in [5.41, 5.74) is -1.21. The lowest BCUT2D eigenvalue weighted by atomic mass is 10.1. The van der Waals surface area contributed by atoms with Gasteiger partial charge in [0, 0.05) is 49.2 Å². The Morgan fingerprint density at radius 3 is 1.25 bits per heavy atom. The quantitative estimate of drug-likeness (QED) is 0.115. The van der Waals surface area contributed by atoms with Crippen molar-refractivity contribution in [2.24, 2.45) is 0 Å². The highest BCUT2D eigenvalue weighted by Gasteiger charge is 2.23. The lowest BCUT2D eigenvalue weighted by molar-refractivity contribution is -0.386. The molecule has 44 heavy (non-hydrogen) atoms. The predicted molar refractivity (Wildman–Crippen MR) is 166 cm³/mol. The van der Waals surface area contributed by atoms with Crippen LogP contribution in [0.3, 0.4) is 0 Å². The minimum absolute atomic E-state index is 0. The number of ketones is 2. The van der Waals surface area contributed by atoms with Crippen LogP contribution in [0.25, 0.3) is 0 Å². The second kappa shape index (κ2) is 18.2. The fraction of sp³-hybridized carbons (Fsp3) is 0.500. The van der Waals surface area contributed by atoms with Crippen LogP contribution >= 0.6 is 24.8 Å². The number of phenols is 4. The third kappa shape index (κ3) is 10.8. The van der Waals surface area contributed by atoms with Crippen LogP contribution in [0.2, 0.25) is 0 Å². The number of aromatic hydroxyl groups is 4. The van der Waals surface area contributed by atoms with E-state index >= 15 is 0 Å².